The third-order valence-electron chi connectivity index (χ3n) is 5.10. The van der Waals surface area contributed by atoms with Crippen LogP contribution in [0.1, 0.15) is 47.6 Å². The van der Waals surface area contributed by atoms with Crippen LogP contribution in [-0.2, 0) is 17.6 Å². The van der Waals surface area contributed by atoms with Crippen LogP contribution in [-0.4, -0.2) is 24.1 Å². The Kier molecular flexibility index (Phi) is 7.79. The van der Waals surface area contributed by atoms with E-state index in [1.807, 2.05) is 68.4 Å². The quantitative estimate of drug-likeness (QED) is 0.465. The fourth-order valence-corrected chi connectivity index (χ4v) is 3.39. The first-order valence-corrected chi connectivity index (χ1v) is 10.7. The smallest absolute Gasteiger partial charge is 0.257 e. The zero-order chi connectivity index (χ0) is 22.2. The average Bonchev–Trinajstić information content (AvgIpc) is 2.75. The van der Waals surface area contributed by atoms with E-state index in [4.69, 9.17) is 9.47 Å². The van der Waals surface area contributed by atoms with Crippen molar-refractivity contribution in [3.05, 3.63) is 83.2 Å². The minimum atomic E-state index is -0.195. The van der Waals surface area contributed by atoms with Gasteiger partial charge in [0.05, 0.1) is 17.4 Å². The number of aryl methyl sites for hydroxylation is 2. The van der Waals surface area contributed by atoms with Gasteiger partial charge in [-0.25, -0.2) is 0 Å². The number of carbonyl (C=O) groups excluding carboxylic acids is 1. The van der Waals surface area contributed by atoms with Crippen LogP contribution in [0.2, 0.25) is 0 Å². The molecule has 1 heterocycles. The number of ether oxygens (including phenoxy) is 2. The lowest BCUT2D eigenvalue weighted by molar-refractivity contribution is 0.102. The maximum atomic E-state index is 12.8. The van der Waals surface area contributed by atoms with Crippen LogP contribution in [0.5, 0.6) is 11.5 Å². The Labute approximate surface area is 184 Å². The summed E-state index contributed by atoms with van der Waals surface area (Å²) in [6.07, 6.45) is 2.79. The number of carbonyl (C=O) groups is 1. The normalized spacial score (nSPS) is 11.7. The SMILES string of the molecule is CCCc1ccccc1Oc1cccc(NC(=O)c2ccc(CC(C)OC)nc2C)c1. The molecule has 0 radical (unpaired) electrons. The van der Waals surface area contributed by atoms with Crippen molar-refractivity contribution in [2.24, 2.45) is 0 Å². The third kappa shape index (κ3) is 6.15. The molecule has 1 atom stereocenters. The summed E-state index contributed by atoms with van der Waals surface area (Å²) < 4.78 is 11.4. The van der Waals surface area contributed by atoms with Crippen LogP contribution in [0.4, 0.5) is 5.69 Å². The monoisotopic (exact) mass is 418 g/mol. The second-order valence-electron chi connectivity index (χ2n) is 7.63. The molecule has 1 amide bonds. The van der Waals surface area contributed by atoms with Crippen molar-refractivity contribution >= 4 is 11.6 Å². The van der Waals surface area contributed by atoms with Gasteiger partial charge in [0, 0.05) is 31.0 Å². The molecular weight excluding hydrogens is 388 g/mol. The molecule has 0 aliphatic rings. The van der Waals surface area contributed by atoms with Crippen molar-refractivity contribution in [2.45, 2.75) is 46.1 Å². The van der Waals surface area contributed by atoms with Crippen LogP contribution in [0.25, 0.3) is 0 Å². The molecule has 2 aromatic carbocycles. The van der Waals surface area contributed by atoms with E-state index in [0.29, 0.717) is 29.1 Å². The lowest BCUT2D eigenvalue weighted by Crippen LogP contribution is -2.16. The maximum Gasteiger partial charge on any atom is 0.257 e. The largest absolute Gasteiger partial charge is 0.457 e. The number of hydrogen-bond acceptors (Lipinski definition) is 4. The second kappa shape index (κ2) is 10.7. The van der Waals surface area contributed by atoms with Crippen molar-refractivity contribution in [1.29, 1.82) is 0 Å². The Morgan fingerprint density at radius 1 is 1.10 bits per heavy atom. The van der Waals surface area contributed by atoms with Gasteiger partial charge in [-0.1, -0.05) is 37.6 Å². The summed E-state index contributed by atoms with van der Waals surface area (Å²) in [5.74, 6) is 1.33. The van der Waals surface area contributed by atoms with E-state index in [1.165, 1.54) is 5.56 Å². The molecule has 1 aromatic heterocycles. The molecule has 0 bridgehead atoms. The van der Waals surface area contributed by atoms with Gasteiger partial charge in [0.2, 0.25) is 0 Å². The van der Waals surface area contributed by atoms with Gasteiger partial charge in [0.1, 0.15) is 11.5 Å². The van der Waals surface area contributed by atoms with Gasteiger partial charge in [-0.2, -0.15) is 0 Å². The van der Waals surface area contributed by atoms with Crippen LogP contribution < -0.4 is 10.1 Å². The van der Waals surface area contributed by atoms with E-state index in [2.05, 4.69) is 23.3 Å². The Morgan fingerprint density at radius 2 is 1.90 bits per heavy atom. The van der Waals surface area contributed by atoms with E-state index in [9.17, 15) is 4.79 Å². The highest BCUT2D eigenvalue weighted by molar-refractivity contribution is 6.05. The number of nitrogens with zero attached hydrogens (tertiary/aromatic N) is 1. The zero-order valence-corrected chi connectivity index (χ0v) is 18.6. The molecule has 162 valence electrons. The number of nitrogens with one attached hydrogen (secondary N) is 1. The first-order valence-electron chi connectivity index (χ1n) is 10.7. The lowest BCUT2D eigenvalue weighted by atomic mass is 10.1. The van der Waals surface area contributed by atoms with E-state index in [-0.39, 0.29) is 12.0 Å². The molecule has 0 aliphatic carbocycles. The van der Waals surface area contributed by atoms with Crippen molar-refractivity contribution in [3.63, 3.8) is 0 Å². The predicted molar refractivity (Wildman–Crippen MR) is 124 cm³/mol. The molecule has 1 unspecified atom stereocenters. The van der Waals surface area contributed by atoms with Crippen LogP contribution in [0, 0.1) is 6.92 Å². The zero-order valence-electron chi connectivity index (χ0n) is 18.6. The highest BCUT2D eigenvalue weighted by Gasteiger charge is 2.13. The molecule has 0 spiro atoms. The van der Waals surface area contributed by atoms with Gasteiger partial charge >= 0.3 is 0 Å². The molecule has 0 aliphatic heterocycles. The molecule has 1 N–H and O–H groups in total. The van der Waals surface area contributed by atoms with Crippen LogP contribution in [0.3, 0.4) is 0 Å². The fraction of sp³-hybridized carbons (Fsp3) is 0.308. The molecule has 3 aromatic rings. The Hall–Kier alpha value is -3.18. The summed E-state index contributed by atoms with van der Waals surface area (Å²) in [5.41, 5.74) is 3.99. The Morgan fingerprint density at radius 3 is 2.65 bits per heavy atom. The first kappa shape index (κ1) is 22.5. The summed E-state index contributed by atoms with van der Waals surface area (Å²) in [6, 6.07) is 19.2. The molecule has 0 fully saturated rings. The Balaban J connectivity index is 1.72. The van der Waals surface area contributed by atoms with Gasteiger partial charge in [-0.05, 0) is 56.2 Å². The van der Waals surface area contributed by atoms with Gasteiger partial charge < -0.3 is 14.8 Å². The number of anilines is 1. The predicted octanol–water partition coefficient (Wildman–Crippen LogP) is 5.96. The number of benzene rings is 2. The van der Waals surface area contributed by atoms with Crippen LogP contribution in [0.15, 0.2) is 60.7 Å². The summed E-state index contributed by atoms with van der Waals surface area (Å²) in [5, 5.41) is 2.95. The van der Waals surface area contributed by atoms with Gasteiger partial charge in [0.15, 0.2) is 0 Å². The van der Waals surface area contributed by atoms with Crippen molar-refractivity contribution in [1.82, 2.24) is 4.98 Å². The van der Waals surface area contributed by atoms with Gasteiger partial charge in [-0.3, -0.25) is 9.78 Å². The maximum absolute atomic E-state index is 12.8. The molecule has 3 rings (SSSR count). The Bertz CT molecular complexity index is 1030. The standard InChI is InChI=1S/C26H30N2O3/c1-5-9-20-10-6-7-13-25(20)31-23-12-8-11-21(17-23)28-26(29)24-15-14-22(27-19(24)3)16-18(2)30-4/h6-8,10-15,17-18H,5,9,16H2,1-4H3,(H,28,29). The lowest BCUT2D eigenvalue weighted by Gasteiger charge is -2.13. The average molecular weight is 419 g/mol. The summed E-state index contributed by atoms with van der Waals surface area (Å²) >= 11 is 0. The molecule has 5 heteroatoms. The van der Waals surface area contributed by atoms with Gasteiger partial charge in [0.25, 0.3) is 5.91 Å². The van der Waals surface area contributed by atoms with E-state index < -0.39 is 0 Å². The van der Waals surface area contributed by atoms with E-state index in [1.54, 1.807) is 7.11 Å². The highest BCUT2D eigenvalue weighted by Crippen LogP contribution is 2.28. The topological polar surface area (TPSA) is 60.5 Å². The molecule has 5 nitrogen and oxygen atoms in total. The summed E-state index contributed by atoms with van der Waals surface area (Å²) in [4.78, 5) is 17.4. The molecule has 31 heavy (non-hydrogen) atoms. The number of pyridine rings is 1. The summed E-state index contributed by atoms with van der Waals surface area (Å²) in [6.45, 7) is 5.99. The van der Waals surface area contributed by atoms with E-state index in [0.717, 1.165) is 24.3 Å². The van der Waals surface area contributed by atoms with Crippen molar-refractivity contribution in [2.75, 3.05) is 12.4 Å². The number of methoxy groups -OCH3 is 1. The number of hydrogen-bond donors (Lipinski definition) is 1. The second-order valence-corrected chi connectivity index (χ2v) is 7.63. The van der Waals surface area contributed by atoms with Gasteiger partial charge in [-0.15, -0.1) is 0 Å². The van der Waals surface area contributed by atoms with Crippen molar-refractivity contribution < 1.29 is 14.3 Å². The van der Waals surface area contributed by atoms with Crippen LogP contribution >= 0.6 is 0 Å². The first-order chi connectivity index (χ1) is 15.0. The third-order valence-corrected chi connectivity index (χ3v) is 5.10. The minimum absolute atomic E-state index is 0.0803. The fourth-order valence-electron chi connectivity index (χ4n) is 3.39. The number of rotatable bonds is 9. The highest BCUT2D eigenvalue weighted by atomic mass is 16.5. The van der Waals surface area contributed by atoms with E-state index >= 15 is 0 Å². The summed E-state index contributed by atoms with van der Waals surface area (Å²) in [7, 11) is 1.68. The number of amides is 1. The number of aromatic nitrogens is 1. The number of para-hydroxylation sites is 1. The molecule has 0 saturated carbocycles. The van der Waals surface area contributed by atoms with Crippen molar-refractivity contribution in [3.8, 4) is 11.5 Å². The molecule has 0 saturated heterocycles. The minimum Gasteiger partial charge on any atom is -0.457 e. The molecular formula is C26H30N2O3.